The highest BCUT2D eigenvalue weighted by Gasteiger charge is 2.09. The normalized spacial score (nSPS) is 16.2. The number of hydrogen-bond acceptors (Lipinski definition) is 3. The Bertz CT molecular complexity index is 115. The fourth-order valence-corrected chi connectivity index (χ4v) is 1.21. The van der Waals surface area contributed by atoms with Crippen molar-refractivity contribution in [2.24, 2.45) is 5.73 Å². The molecule has 0 radical (unpaired) electrons. The van der Waals surface area contributed by atoms with Crippen LogP contribution in [0.5, 0.6) is 0 Å². The van der Waals surface area contributed by atoms with Crippen molar-refractivity contribution >= 4 is 0 Å². The molecule has 0 amide bonds. The van der Waals surface area contributed by atoms with E-state index in [-0.39, 0.29) is 6.10 Å². The summed E-state index contributed by atoms with van der Waals surface area (Å²) in [5.74, 6) is 0. The number of hydrogen-bond donors (Lipinski definition) is 1. The average molecular weight is 188 g/mol. The van der Waals surface area contributed by atoms with Crippen LogP contribution in [0.2, 0.25) is 0 Å². The lowest BCUT2D eigenvalue weighted by molar-refractivity contribution is 0.0879. The summed E-state index contributed by atoms with van der Waals surface area (Å²) >= 11 is 0. The molecule has 3 nitrogen and oxygen atoms in total. The molecule has 0 heterocycles. The van der Waals surface area contributed by atoms with Crippen LogP contribution in [0, 0.1) is 0 Å². The largest absolute Gasteiger partial charge is 0.380 e. The van der Waals surface area contributed by atoms with E-state index >= 15 is 0 Å². The Balaban J connectivity index is 3.61. The topological polar surface area (TPSA) is 38.5 Å². The second-order valence-corrected chi connectivity index (χ2v) is 3.62. The summed E-state index contributed by atoms with van der Waals surface area (Å²) in [4.78, 5) is 2.35. The van der Waals surface area contributed by atoms with E-state index in [0.29, 0.717) is 12.6 Å². The molecule has 80 valence electrons. The van der Waals surface area contributed by atoms with Gasteiger partial charge in [0.1, 0.15) is 0 Å². The molecule has 0 fully saturated rings. The van der Waals surface area contributed by atoms with E-state index in [0.717, 1.165) is 13.0 Å². The number of methoxy groups -OCH3 is 1. The van der Waals surface area contributed by atoms with E-state index in [1.54, 1.807) is 7.11 Å². The smallest absolute Gasteiger partial charge is 0.0705 e. The third-order valence-electron chi connectivity index (χ3n) is 2.74. The van der Waals surface area contributed by atoms with Gasteiger partial charge in [-0.15, -0.1) is 0 Å². The van der Waals surface area contributed by atoms with Crippen molar-refractivity contribution in [3.05, 3.63) is 0 Å². The van der Waals surface area contributed by atoms with Crippen LogP contribution in [0.25, 0.3) is 0 Å². The minimum absolute atomic E-state index is 0.214. The van der Waals surface area contributed by atoms with Crippen LogP contribution in [0.4, 0.5) is 0 Å². The van der Waals surface area contributed by atoms with Gasteiger partial charge in [0, 0.05) is 26.2 Å². The highest BCUT2D eigenvalue weighted by atomic mass is 16.5. The minimum Gasteiger partial charge on any atom is -0.380 e. The third-order valence-corrected chi connectivity index (χ3v) is 2.74. The molecule has 0 aliphatic rings. The molecule has 0 aromatic heterocycles. The summed E-state index contributed by atoms with van der Waals surface area (Å²) in [5, 5.41) is 0. The number of rotatable bonds is 7. The van der Waals surface area contributed by atoms with Crippen molar-refractivity contribution in [1.82, 2.24) is 4.90 Å². The Morgan fingerprint density at radius 2 is 2.08 bits per heavy atom. The van der Waals surface area contributed by atoms with E-state index in [9.17, 15) is 0 Å². The fourth-order valence-electron chi connectivity index (χ4n) is 1.21. The molecular formula is C10H24N2O. The Kier molecular flexibility index (Phi) is 7.23. The van der Waals surface area contributed by atoms with Crippen molar-refractivity contribution in [3.8, 4) is 0 Å². The van der Waals surface area contributed by atoms with Crippen LogP contribution in [-0.2, 0) is 4.74 Å². The standard InChI is InChI=1S/C10H24N2O/c1-5-9(2)12(3)7-6-10(8-11)13-4/h9-10H,5-8,11H2,1-4H3. The molecule has 0 bridgehead atoms. The zero-order chi connectivity index (χ0) is 10.3. The maximum atomic E-state index is 5.53. The molecule has 0 rings (SSSR count). The minimum atomic E-state index is 0.214. The van der Waals surface area contributed by atoms with Crippen LogP contribution in [-0.4, -0.2) is 44.3 Å². The first-order valence-corrected chi connectivity index (χ1v) is 5.08. The van der Waals surface area contributed by atoms with Gasteiger partial charge in [-0.3, -0.25) is 0 Å². The van der Waals surface area contributed by atoms with Crippen LogP contribution in [0.1, 0.15) is 26.7 Å². The van der Waals surface area contributed by atoms with E-state index in [4.69, 9.17) is 10.5 Å². The summed E-state index contributed by atoms with van der Waals surface area (Å²) in [6.45, 7) is 6.12. The molecular weight excluding hydrogens is 164 g/mol. The fraction of sp³-hybridized carbons (Fsp3) is 1.00. The van der Waals surface area contributed by atoms with Gasteiger partial charge in [0.15, 0.2) is 0 Å². The molecule has 0 saturated heterocycles. The molecule has 2 atom stereocenters. The Hall–Kier alpha value is -0.120. The Labute approximate surface area is 82.2 Å². The Morgan fingerprint density at radius 1 is 1.46 bits per heavy atom. The summed E-state index contributed by atoms with van der Waals surface area (Å²) in [7, 11) is 3.87. The maximum absolute atomic E-state index is 5.53. The molecule has 0 aromatic rings. The average Bonchev–Trinajstić information content (AvgIpc) is 2.17. The third kappa shape index (κ3) is 5.24. The lowest BCUT2D eigenvalue weighted by atomic mass is 10.2. The van der Waals surface area contributed by atoms with Gasteiger partial charge in [-0.2, -0.15) is 0 Å². The van der Waals surface area contributed by atoms with Gasteiger partial charge in [-0.05, 0) is 26.8 Å². The zero-order valence-electron chi connectivity index (χ0n) is 9.42. The first-order chi connectivity index (χ1) is 6.15. The van der Waals surface area contributed by atoms with Crippen LogP contribution < -0.4 is 5.73 Å². The van der Waals surface area contributed by atoms with Crippen molar-refractivity contribution in [2.75, 3.05) is 27.2 Å². The number of nitrogens with two attached hydrogens (primary N) is 1. The van der Waals surface area contributed by atoms with Crippen molar-refractivity contribution in [1.29, 1.82) is 0 Å². The summed E-state index contributed by atoms with van der Waals surface area (Å²) in [6, 6.07) is 0.648. The molecule has 2 N–H and O–H groups in total. The lowest BCUT2D eigenvalue weighted by Crippen LogP contribution is -2.33. The van der Waals surface area contributed by atoms with Gasteiger partial charge >= 0.3 is 0 Å². The van der Waals surface area contributed by atoms with Gasteiger partial charge in [-0.25, -0.2) is 0 Å². The summed E-state index contributed by atoms with van der Waals surface area (Å²) in [6.07, 6.45) is 2.43. The van der Waals surface area contributed by atoms with Crippen molar-refractivity contribution < 1.29 is 4.74 Å². The molecule has 0 aromatic carbocycles. The molecule has 0 aliphatic heterocycles. The van der Waals surface area contributed by atoms with E-state index in [1.165, 1.54) is 6.42 Å². The lowest BCUT2D eigenvalue weighted by Gasteiger charge is -2.25. The van der Waals surface area contributed by atoms with E-state index in [1.807, 2.05) is 0 Å². The predicted octanol–water partition coefficient (Wildman–Crippen LogP) is 1.08. The molecule has 0 spiro atoms. The molecule has 13 heavy (non-hydrogen) atoms. The quantitative estimate of drug-likeness (QED) is 0.650. The molecule has 2 unspecified atom stereocenters. The predicted molar refractivity (Wildman–Crippen MR) is 56.9 cm³/mol. The SMILES string of the molecule is CCC(C)N(C)CCC(CN)OC. The monoisotopic (exact) mass is 188 g/mol. The summed E-state index contributed by atoms with van der Waals surface area (Å²) < 4.78 is 5.21. The van der Waals surface area contributed by atoms with Crippen LogP contribution in [0.3, 0.4) is 0 Å². The van der Waals surface area contributed by atoms with E-state index < -0.39 is 0 Å². The van der Waals surface area contributed by atoms with Gasteiger partial charge < -0.3 is 15.4 Å². The molecule has 0 aliphatic carbocycles. The van der Waals surface area contributed by atoms with Gasteiger partial charge in [-0.1, -0.05) is 6.92 Å². The van der Waals surface area contributed by atoms with E-state index in [2.05, 4.69) is 25.8 Å². The maximum Gasteiger partial charge on any atom is 0.0705 e. The van der Waals surface area contributed by atoms with Gasteiger partial charge in [0.05, 0.1) is 6.10 Å². The van der Waals surface area contributed by atoms with Crippen molar-refractivity contribution in [2.45, 2.75) is 38.8 Å². The highest BCUT2D eigenvalue weighted by molar-refractivity contribution is 4.65. The van der Waals surface area contributed by atoms with Crippen molar-refractivity contribution in [3.63, 3.8) is 0 Å². The number of nitrogens with zero attached hydrogens (tertiary/aromatic N) is 1. The number of ether oxygens (including phenoxy) is 1. The second kappa shape index (κ2) is 7.30. The second-order valence-electron chi connectivity index (χ2n) is 3.62. The molecule has 3 heteroatoms. The van der Waals surface area contributed by atoms with Gasteiger partial charge in [0.2, 0.25) is 0 Å². The van der Waals surface area contributed by atoms with Crippen LogP contribution >= 0.6 is 0 Å². The first-order valence-electron chi connectivity index (χ1n) is 5.08. The zero-order valence-corrected chi connectivity index (χ0v) is 9.42. The van der Waals surface area contributed by atoms with Crippen LogP contribution in [0.15, 0.2) is 0 Å². The first kappa shape index (κ1) is 12.9. The Morgan fingerprint density at radius 3 is 2.46 bits per heavy atom. The van der Waals surface area contributed by atoms with Gasteiger partial charge in [0.25, 0.3) is 0 Å². The summed E-state index contributed by atoms with van der Waals surface area (Å²) in [5.41, 5.74) is 5.53. The molecule has 0 saturated carbocycles. The highest BCUT2D eigenvalue weighted by Crippen LogP contribution is 2.03.